The monoisotopic (exact) mass is 696 g/mol. The van der Waals surface area contributed by atoms with Crippen LogP contribution in [0.1, 0.15) is 35.6 Å². The second kappa shape index (κ2) is 11.2. The van der Waals surface area contributed by atoms with Gasteiger partial charge in [0.1, 0.15) is 0 Å². The summed E-state index contributed by atoms with van der Waals surface area (Å²) in [5.41, 5.74) is 3.21. The van der Waals surface area contributed by atoms with Crippen LogP contribution in [-0.4, -0.2) is 53.7 Å². The van der Waals surface area contributed by atoms with E-state index >= 15 is 0 Å². The first-order valence-corrected chi connectivity index (χ1v) is 18.7. The molecule has 0 aliphatic carbocycles. The van der Waals surface area contributed by atoms with Gasteiger partial charge in [-0.15, -0.1) is 0 Å². The lowest BCUT2D eigenvalue weighted by atomic mass is 9.82. The largest absolute Gasteiger partial charge is 0.432 e. The fourth-order valence-corrected chi connectivity index (χ4v) is 10.5. The van der Waals surface area contributed by atoms with Crippen molar-refractivity contribution >= 4 is 48.4 Å². The highest BCUT2D eigenvalue weighted by atomic mass is 127. The lowest BCUT2D eigenvalue weighted by Crippen LogP contribution is -2.48. The Morgan fingerprint density at radius 1 is 1.07 bits per heavy atom. The summed E-state index contributed by atoms with van der Waals surface area (Å²) in [5.74, 6) is -0.618. The Labute approximate surface area is 261 Å². The van der Waals surface area contributed by atoms with Crippen LogP contribution in [0.3, 0.4) is 0 Å². The Morgan fingerprint density at radius 2 is 1.76 bits per heavy atom. The molecule has 3 aliphatic rings. The Hall–Kier alpha value is -2.57. The number of nitrogens with zero attached hydrogens (tertiary/aromatic N) is 2. The Balaban J connectivity index is 1.36. The SMILES string of the molecule is C[C@H]1[C@H]([Si](C)(C)O)[C@@H](CC(=O)N2Cc3ccccc3C[C@H]2CO)O[C@]12C(=O)N(Cc1ccccc1)c1ccc(I)cc12. The van der Waals surface area contributed by atoms with Crippen LogP contribution < -0.4 is 4.90 Å². The summed E-state index contributed by atoms with van der Waals surface area (Å²) in [7, 11) is -2.92. The van der Waals surface area contributed by atoms with Gasteiger partial charge in [0.2, 0.25) is 5.91 Å². The predicted octanol–water partition coefficient (Wildman–Crippen LogP) is 4.97. The van der Waals surface area contributed by atoms with Gasteiger partial charge >= 0.3 is 0 Å². The molecule has 6 rings (SSSR count). The highest BCUT2D eigenvalue weighted by Gasteiger charge is 2.66. The van der Waals surface area contributed by atoms with Gasteiger partial charge < -0.3 is 24.4 Å². The number of hydrogen-bond acceptors (Lipinski definition) is 5. The molecule has 3 heterocycles. The van der Waals surface area contributed by atoms with E-state index in [1.807, 2.05) is 92.8 Å². The number of rotatable bonds is 6. The van der Waals surface area contributed by atoms with Crippen molar-refractivity contribution in [2.45, 2.75) is 69.2 Å². The fraction of sp³-hybridized carbons (Fsp3) is 0.394. The average Bonchev–Trinajstić information content (AvgIpc) is 3.39. The zero-order valence-corrected chi connectivity index (χ0v) is 27.3. The second-order valence-electron chi connectivity index (χ2n) is 12.4. The van der Waals surface area contributed by atoms with Gasteiger partial charge in [0.25, 0.3) is 5.91 Å². The molecule has 5 atom stereocenters. The summed E-state index contributed by atoms with van der Waals surface area (Å²) < 4.78 is 7.88. The minimum absolute atomic E-state index is 0.0393. The molecule has 2 amide bonds. The van der Waals surface area contributed by atoms with E-state index in [-0.39, 0.29) is 42.3 Å². The molecule has 1 spiro atoms. The smallest absolute Gasteiger partial charge is 0.264 e. The lowest BCUT2D eigenvalue weighted by Gasteiger charge is -2.37. The molecular formula is C33H37IN2O5Si. The minimum atomic E-state index is -2.92. The van der Waals surface area contributed by atoms with E-state index in [4.69, 9.17) is 4.74 Å². The van der Waals surface area contributed by atoms with Gasteiger partial charge in [0.05, 0.1) is 37.4 Å². The van der Waals surface area contributed by atoms with Crippen molar-refractivity contribution in [2.75, 3.05) is 11.5 Å². The van der Waals surface area contributed by atoms with E-state index in [1.165, 1.54) is 0 Å². The summed E-state index contributed by atoms with van der Waals surface area (Å²) in [6, 6.07) is 23.6. The molecule has 0 aromatic heterocycles. The Bertz CT molecular complexity index is 1510. The number of amides is 2. The van der Waals surface area contributed by atoms with Gasteiger partial charge in [-0.3, -0.25) is 9.59 Å². The standard InChI is InChI=1S/C33H37IN2O5Si/c1-21-31(42(2,3)40)29(17-30(38)35-19-24-12-8-7-11-23(24)15-26(35)20-37)41-33(21)27-16-25(34)13-14-28(27)36(32(33)39)18-22-9-5-4-6-10-22/h4-14,16,21,26,29,31,37,40H,15,17-20H2,1-3H3/t21-,26-,29+,31-,33+/m0/s1. The molecule has 7 nitrogen and oxygen atoms in total. The summed E-state index contributed by atoms with van der Waals surface area (Å²) in [6.07, 6.45) is -0.00772. The quantitative estimate of drug-likeness (QED) is 0.281. The molecule has 42 heavy (non-hydrogen) atoms. The zero-order chi connectivity index (χ0) is 29.8. The molecule has 220 valence electrons. The number of carbonyl (C=O) groups is 2. The van der Waals surface area contributed by atoms with Gasteiger partial charge in [-0.1, -0.05) is 61.5 Å². The van der Waals surface area contributed by atoms with Crippen molar-refractivity contribution in [1.29, 1.82) is 0 Å². The van der Waals surface area contributed by atoms with Crippen LogP contribution in [0.2, 0.25) is 18.6 Å². The van der Waals surface area contributed by atoms with Crippen LogP contribution in [0.4, 0.5) is 5.69 Å². The summed E-state index contributed by atoms with van der Waals surface area (Å²) in [6.45, 7) is 6.44. The van der Waals surface area contributed by atoms with Crippen molar-refractivity contribution in [3.63, 3.8) is 0 Å². The number of benzene rings is 3. The molecule has 0 saturated carbocycles. The molecule has 1 saturated heterocycles. The first-order chi connectivity index (χ1) is 20.0. The van der Waals surface area contributed by atoms with Crippen molar-refractivity contribution < 1.29 is 24.2 Å². The number of aliphatic hydroxyl groups is 1. The number of carbonyl (C=O) groups excluding carboxylic acids is 2. The molecule has 1 fully saturated rings. The highest BCUT2D eigenvalue weighted by molar-refractivity contribution is 14.1. The molecule has 9 heteroatoms. The highest BCUT2D eigenvalue weighted by Crippen LogP contribution is 2.60. The summed E-state index contributed by atoms with van der Waals surface area (Å²) >= 11 is 2.26. The van der Waals surface area contributed by atoms with Gasteiger partial charge in [-0.2, -0.15) is 0 Å². The van der Waals surface area contributed by atoms with Crippen LogP contribution in [0.5, 0.6) is 0 Å². The Morgan fingerprint density at radius 3 is 2.45 bits per heavy atom. The topological polar surface area (TPSA) is 90.3 Å². The first-order valence-electron chi connectivity index (χ1n) is 14.6. The summed E-state index contributed by atoms with van der Waals surface area (Å²) in [4.78, 5) is 43.7. The van der Waals surface area contributed by atoms with Gasteiger partial charge in [-0.05, 0) is 77.0 Å². The lowest BCUT2D eigenvalue weighted by molar-refractivity contribution is -0.151. The third-order valence-electron chi connectivity index (χ3n) is 9.39. The normalized spacial score (nSPS) is 27.0. The molecule has 0 bridgehead atoms. The van der Waals surface area contributed by atoms with Gasteiger partial charge in [0.15, 0.2) is 13.9 Å². The molecule has 0 unspecified atom stereocenters. The third-order valence-corrected chi connectivity index (χ3v) is 12.6. The fourth-order valence-electron chi connectivity index (χ4n) is 7.50. The van der Waals surface area contributed by atoms with Crippen LogP contribution in [0.15, 0.2) is 72.8 Å². The van der Waals surface area contributed by atoms with E-state index < -0.39 is 20.0 Å². The maximum absolute atomic E-state index is 14.6. The number of hydrogen-bond donors (Lipinski definition) is 2. The minimum Gasteiger partial charge on any atom is -0.432 e. The first kappa shape index (κ1) is 29.5. The zero-order valence-electron chi connectivity index (χ0n) is 24.2. The van der Waals surface area contributed by atoms with Crippen molar-refractivity contribution in [3.05, 3.63) is 98.6 Å². The van der Waals surface area contributed by atoms with E-state index in [0.717, 1.165) is 31.5 Å². The van der Waals surface area contributed by atoms with Crippen LogP contribution in [-0.2, 0) is 39.4 Å². The average molecular weight is 697 g/mol. The van der Waals surface area contributed by atoms with Crippen LogP contribution in [0.25, 0.3) is 0 Å². The molecule has 3 aromatic rings. The second-order valence-corrected chi connectivity index (χ2v) is 17.7. The van der Waals surface area contributed by atoms with Crippen LogP contribution in [0, 0.1) is 9.49 Å². The molecule has 3 aromatic carbocycles. The van der Waals surface area contributed by atoms with E-state index in [1.54, 1.807) is 9.80 Å². The van der Waals surface area contributed by atoms with Crippen molar-refractivity contribution in [1.82, 2.24) is 4.90 Å². The number of fused-ring (bicyclic) bond motifs is 3. The van der Waals surface area contributed by atoms with Gasteiger partial charge in [-0.25, -0.2) is 0 Å². The van der Waals surface area contributed by atoms with E-state index in [9.17, 15) is 19.5 Å². The third kappa shape index (κ3) is 4.92. The van der Waals surface area contributed by atoms with Crippen molar-refractivity contribution in [2.24, 2.45) is 5.92 Å². The number of ether oxygens (including phenoxy) is 1. The number of halogens is 1. The molecule has 0 radical (unpaired) electrons. The van der Waals surface area contributed by atoms with Crippen molar-refractivity contribution in [3.8, 4) is 0 Å². The predicted molar refractivity (Wildman–Crippen MR) is 172 cm³/mol. The van der Waals surface area contributed by atoms with E-state index in [0.29, 0.717) is 19.5 Å². The van der Waals surface area contributed by atoms with Crippen LogP contribution >= 0.6 is 22.6 Å². The summed E-state index contributed by atoms with van der Waals surface area (Å²) in [5, 5.41) is 10.2. The number of anilines is 1. The maximum Gasteiger partial charge on any atom is 0.264 e. The maximum atomic E-state index is 14.6. The molecule has 2 N–H and O–H groups in total. The Kier molecular flexibility index (Phi) is 7.84. The molecule has 3 aliphatic heterocycles. The van der Waals surface area contributed by atoms with E-state index in [2.05, 4.69) is 22.6 Å². The molecular weight excluding hydrogens is 659 g/mol. The number of aliphatic hydroxyl groups excluding tert-OH is 1. The van der Waals surface area contributed by atoms with Gasteiger partial charge in [0, 0.05) is 27.1 Å².